The Morgan fingerprint density at radius 3 is 2.03 bits per heavy atom. The number of carbonyl (C=O) groups excluding carboxylic acids is 2. The second kappa shape index (κ2) is 26.0. The van der Waals surface area contributed by atoms with Gasteiger partial charge in [0.2, 0.25) is 5.91 Å². The van der Waals surface area contributed by atoms with Crippen LogP contribution in [0.5, 0.6) is 0 Å². The molecule has 0 spiro atoms. The number of carbonyl (C=O) groups is 2. The molecule has 2 amide bonds. The molecule has 0 aromatic carbocycles. The Bertz CT molecular complexity index is 435. The van der Waals surface area contributed by atoms with Crippen LogP contribution in [0.3, 0.4) is 0 Å². The van der Waals surface area contributed by atoms with Crippen LogP contribution in [0, 0.1) is 5.41 Å². The van der Waals surface area contributed by atoms with Gasteiger partial charge in [0.1, 0.15) is 6.10 Å². The van der Waals surface area contributed by atoms with E-state index >= 15 is 0 Å². The molecule has 0 aliphatic rings. The van der Waals surface area contributed by atoms with E-state index in [9.17, 15) is 14.7 Å². The summed E-state index contributed by atoms with van der Waals surface area (Å²) in [4.78, 5) is 23.4. The maximum atomic E-state index is 11.7. The predicted molar refractivity (Wildman–Crippen MR) is 128 cm³/mol. The van der Waals surface area contributed by atoms with Gasteiger partial charge >= 0.3 is 0 Å². The number of hydrogen-bond acceptors (Lipinski definition) is 6. The average molecular weight is 497 g/mol. The van der Waals surface area contributed by atoms with Crippen molar-refractivity contribution in [3.05, 3.63) is 0 Å². The standard InChI is InChI=1S/C17H37N7O3.3ClH/c18-8-6-10-21-9-4-5-11-22-16(27)14(25)13-24-15(26)7-2-1-3-12-23-17(19)20;;;/h14,21,25H,1-13,18H2,(H,22,27)(H,24,26)(H4,19,20,23);3*1H. The van der Waals surface area contributed by atoms with Crippen LogP contribution in [-0.4, -0.2) is 68.3 Å². The zero-order valence-corrected chi connectivity index (χ0v) is 19.9. The zero-order valence-electron chi connectivity index (χ0n) is 17.4. The zero-order chi connectivity index (χ0) is 20.3. The molecular formula is C17H40Cl3N7O3. The Kier molecular flexibility index (Phi) is 31.5. The molecule has 1 unspecified atom stereocenters. The number of aliphatic hydroxyl groups is 1. The van der Waals surface area contributed by atoms with Crippen LogP contribution in [-0.2, 0) is 9.59 Å². The SMILES string of the molecule is Cl.Cl.Cl.N=C(N)NCCCCCC(=O)NCC(O)C(=O)NCCCCNCCCN. The molecule has 0 aromatic rings. The van der Waals surface area contributed by atoms with Crippen LogP contribution >= 0.6 is 37.2 Å². The normalized spacial score (nSPS) is 10.5. The summed E-state index contributed by atoms with van der Waals surface area (Å²) in [6.07, 6.45) is 4.15. The minimum absolute atomic E-state index is 0. The van der Waals surface area contributed by atoms with Crippen molar-refractivity contribution < 1.29 is 14.7 Å². The van der Waals surface area contributed by atoms with Crippen LogP contribution in [0.1, 0.15) is 44.9 Å². The minimum Gasteiger partial charge on any atom is -0.381 e. The number of amides is 2. The Morgan fingerprint density at radius 2 is 1.40 bits per heavy atom. The molecule has 0 radical (unpaired) electrons. The third-order valence-corrected chi connectivity index (χ3v) is 3.83. The third kappa shape index (κ3) is 25.0. The van der Waals surface area contributed by atoms with Gasteiger partial charge in [0.05, 0.1) is 6.54 Å². The highest BCUT2D eigenvalue weighted by atomic mass is 35.5. The molecule has 0 rings (SSSR count). The number of rotatable bonds is 17. The Hall–Kier alpha value is -1.04. The summed E-state index contributed by atoms with van der Waals surface area (Å²) >= 11 is 0. The van der Waals surface area contributed by atoms with Gasteiger partial charge in [0.15, 0.2) is 5.96 Å². The molecule has 0 bridgehead atoms. The maximum Gasteiger partial charge on any atom is 0.250 e. The van der Waals surface area contributed by atoms with E-state index in [2.05, 4.69) is 21.3 Å². The number of nitrogens with two attached hydrogens (primary N) is 2. The van der Waals surface area contributed by atoms with Crippen molar-refractivity contribution in [2.75, 3.05) is 39.3 Å². The number of guanidine groups is 1. The summed E-state index contributed by atoms with van der Waals surface area (Å²) in [7, 11) is 0. The molecule has 10 nitrogen and oxygen atoms in total. The van der Waals surface area contributed by atoms with Gasteiger partial charge in [-0.25, -0.2) is 0 Å². The van der Waals surface area contributed by atoms with Crippen LogP contribution < -0.4 is 32.7 Å². The smallest absolute Gasteiger partial charge is 0.250 e. The van der Waals surface area contributed by atoms with Gasteiger partial charge in [-0.1, -0.05) is 6.42 Å². The maximum absolute atomic E-state index is 11.7. The molecule has 0 aliphatic carbocycles. The molecule has 30 heavy (non-hydrogen) atoms. The van der Waals surface area contributed by atoms with E-state index in [4.69, 9.17) is 16.9 Å². The first-order valence-corrected chi connectivity index (χ1v) is 9.68. The number of hydrogen-bond donors (Lipinski definition) is 8. The molecular weight excluding hydrogens is 457 g/mol. The topological polar surface area (TPSA) is 178 Å². The summed E-state index contributed by atoms with van der Waals surface area (Å²) in [5.41, 5.74) is 10.6. The summed E-state index contributed by atoms with van der Waals surface area (Å²) in [6, 6.07) is 0. The van der Waals surface area contributed by atoms with Crippen molar-refractivity contribution >= 4 is 55.0 Å². The van der Waals surface area contributed by atoms with Crippen LogP contribution in [0.15, 0.2) is 0 Å². The summed E-state index contributed by atoms with van der Waals surface area (Å²) in [6.45, 7) is 3.47. The van der Waals surface area contributed by atoms with Crippen molar-refractivity contribution in [2.45, 2.75) is 51.0 Å². The quantitative estimate of drug-likeness (QED) is 0.0767. The van der Waals surface area contributed by atoms with E-state index in [0.29, 0.717) is 32.5 Å². The molecule has 0 saturated heterocycles. The Labute approximate surface area is 198 Å². The molecule has 0 aromatic heterocycles. The summed E-state index contributed by atoms with van der Waals surface area (Å²) < 4.78 is 0. The second-order valence-corrected chi connectivity index (χ2v) is 6.36. The van der Waals surface area contributed by atoms with Gasteiger partial charge in [-0.05, 0) is 51.7 Å². The Balaban J connectivity index is -0.00000113. The lowest BCUT2D eigenvalue weighted by atomic mass is 10.2. The fourth-order valence-electron chi connectivity index (χ4n) is 2.26. The first-order chi connectivity index (χ1) is 13.0. The minimum atomic E-state index is -1.24. The van der Waals surface area contributed by atoms with Gasteiger partial charge < -0.3 is 37.8 Å². The van der Waals surface area contributed by atoms with E-state index in [1.807, 2.05) is 0 Å². The van der Waals surface area contributed by atoms with E-state index in [1.54, 1.807) is 0 Å². The summed E-state index contributed by atoms with van der Waals surface area (Å²) in [5, 5.41) is 28.0. The third-order valence-electron chi connectivity index (χ3n) is 3.83. The van der Waals surface area contributed by atoms with E-state index in [1.165, 1.54) is 0 Å². The van der Waals surface area contributed by atoms with Crippen LogP contribution in [0.25, 0.3) is 0 Å². The van der Waals surface area contributed by atoms with E-state index < -0.39 is 12.0 Å². The number of unbranched alkanes of at least 4 members (excludes halogenated alkanes) is 3. The van der Waals surface area contributed by atoms with Crippen LogP contribution in [0.4, 0.5) is 0 Å². The average Bonchev–Trinajstić information content (AvgIpc) is 2.64. The van der Waals surface area contributed by atoms with E-state index in [-0.39, 0.29) is 55.6 Å². The largest absolute Gasteiger partial charge is 0.381 e. The molecule has 0 fully saturated rings. The second-order valence-electron chi connectivity index (χ2n) is 6.36. The molecule has 1 atom stereocenters. The molecule has 0 saturated carbocycles. The van der Waals surface area contributed by atoms with Gasteiger partial charge in [-0.15, -0.1) is 37.2 Å². The van der Waals surface area contributed by atoms with Gasteiger partial charge in [0.25, 0.3) is 5.91 Å². The molecule has 10 N–H and O–H groups in total. The highest BCUT2D eigenvalue weighted by molar-refractivity contribution is 5.86. The fraction of sp³-hybridized carbons (Fsp3) is 0.824. The van der Waals surface area contributed by atoms with Crippen molar-refractivity contribution in [3.8, 4) is 0 Å². The lowest BCUT2D eigenvalue weighted by Gasteiger charge is -2.12. The van der Waals surface area contributed by atoms with Crippen molar-refractivity contribution in [1.82, 2.24) is 21.3 Å². The highest BCUT2D eigenvalue weighted by Gasteiger charge is 2.15. The van der Waals surface area contributed by atoms with Crippen molar-refractivity contribution in [2.24, 2.45) is 11.5 Å². The summed E-state index contributed by atoms with van der Waals surface area (Å²) in [5.74, 6) is -0.717. The monoisotopic (exact) mass is 495 g/mol. The first kappa shape index (κ1) is 36.3. The molecule has 13 heteroatoms. The van der Waals surface area contributed by atoms with E-state index in [0.717, 1.165) is 45.2 Å². The Morgan fingerprint density at radius 1 is 0.833 bits per heavy atom. The molecule has 0 aliphatic heterocycles. The van der Waals surface area contributed by atoms with Gasteiger partial charge in [-0.2, -0.15) is 0 Å². The number of nitrogens with one attached hydrogen (secondary N) is 5. The van der Waals surface area contributed by atoms with Gasteiger partial charge in [-0.3, -0.25) is 15.0 Å². The van der Waals surface area contributed by atoms with Crippen LogP contribution in [0.2, 0.25) is 0 Å². The number of aliphatic hydroxyl groups excluding tert-OH is 1. The predicted octanol–water partition coefficient (Wildman–Crippen LogP) is -0.393. The van der Waals surface area contributed by atoms with Gasteiger partial charge in [0, 0.05) is 19.5 Å². The highest BCUT2D eigenvalue weighted by Crippen LogP contribution is 1.99. The lowest BCUT2D eigenvalue weighted by molar-refractivity contribution is -0.129. The molecule has 0 heterocycles. The number of halogens is 3. The van der Waals surface area contributed by atoms with Crippen molar-refractivity contribution in [1.29, 1.82) is 5.41 Å². The lowest BCUT2D eigenvalue weighted by Crippen LogP contribution is -2.43. The fourth-order valence-corrected chi connectivity index (χ4v) is 2.26. The molecule has 182 valence electrons. The van der Waals surface area contributed by atoms with Crippen molar-refractivity contribution in [3.63, 3.8) is 0 Å². The first-order valence-electron chi connectivity index (χ1n) is 9.68.